The number of hydrogen-bond acceptors (Lipinski definition) is 5. The number of fused-ring (bicyclic) bond motifs is 2. The number of unbranched alkanes of at least 4 members (excludes halogenated alkanes) is 1. The van der Waals surface area contributed by atoms with Crippen molar-refractivity contribution in [2.45, 2.75) is 77.9 Å². The van der Waals surface area contributed by atoms with Gasteiger partial charge in [-0.3, -0.25) is 4.79 Å². The second kappa shape index (κ2) is 8.50. The van der Waals surface area contributed by atoms with Crippen LogP contribution in [0.5, 0.6) is 5.75 Å². The zero-order chi connectivity index (χ0) is 22.1. The highest BCUT2D eigenvalue weighted by molar-refractivity contribution is 5.88. The van der Waals surface area contributed by atoms with Crippen molar-refractivity contribution in [1.29, 1.82) is 0 Å². The van der Waals surface area contributed by atoms with E-state index < -0.39 is 23.5 Å². The number of amides is 1. The monoisotopic (exact) mass is 415 g/mol. The Labute approximate surface area is 175 Å². The second-order valence-electron chi connectivity index (χ2n) is 8.59. The van der Waals surface area contributed by atoms with Crippen LogP contribution in [-0.2, 0) is 22.4 Å². The van der Waals surface area contributed by atoms with Gasteiger partial charge in [0, 0.05) is 11.5 Å². The van der Waals surface area contributed by atoms with Gasteiger partial charge < -0.3 is 19.6 Å². The fourth-order valence-corrected chi connectivity index (χ4v) is 3.81. The van der Waals surface area contributed by atoms with Crippen LogP contribution in [0.2, 0.25) is 0 Å². The standard InChI is InChI=1S/C23H29NO6/c1-5-6-7-17(21(26)27)24-20(25)11-16-13(2)15-10-14-8-9-23(3,4)30-18(14)12-19(15)29-22(16)28/h10,12,17H,5-9,11H2,1-4H3,(H,24,25)(H,26,27). The van der Waals surface area contributed by atoms with E-state index >= 15 is 0 Å². The van der Waals surface area contributed by atoms with Crippen LogP contribution in [0.1, 0.15) is 63.1 Å². The summed E-state index contributed by atoms with van der Waals surface area (Å²) in [4.78, 5) is 36.4. The van der Waals surface area contributed by atoms with Crippen LogP contribution in [-0.4, -0.2) is 28.6 Å². The van der Waals surface area contributed by atoms with Crippen LogP contribution in [0.25, 0.3) is 11.0 Å². The van der Waals surface area contributed by atoms with Crippen molar-refractivity contribution < 1.29 is 23.8 Å². The van der Waals surface area contributed by atoms with E-state index in [-0.39, 0.29) is 17.6 Å². The van der Waals surface area contributed by atoms with Crippen LogP contribution in [0.15, 0.2) is 21.3 Å². The van der Waals surface area contributed by atoms with Crippen molar-refractivity contribution >= 4 is 22.8 Å². The Morgan fingerprint density at radius 1 is 1.30 bits per heavy atom. The van der Waals surface area contributed by atoms with E-state index in [1.165, 1.54) is 0 Å². The predicted molar refractivity (Wildman–Crippen MR) is 113 cm³/mol. The largest absolute Gasteiger partial charge is 0.487 e. The van der Waals surface area contributed by atoms with Gasteiger partial charge in [-0.05, 0) is 57.2 Å². The Morgan fingerprint density at radius 2 is 2.03 bits per heavy atom. The normalized spacial score (nSPS) is 15.9. The summed E-state index contributed by atoms with van der Waals surface area (Å²) in [5.41, 5.74) is 1.52. The van der Waals surface area contributed by atoms with Crippen molar-refractivity contribution in [2.75, 3.05) is 0 Å². The minimum Gasteiger partial charge on any atom is -0.487 e. The van der Waals surface area contributed by atoms with E-state index in [0.717, 1.165) is 30.2 Å². The Hall–Kier alpha value is -2.83. The number of carbonyl (C=O) groups excluding carboxylic acids is 1. The molecule has 2 N–H and O–H groups in total. The highest BCUT2D eigenvalue weighted by Gasteiger charge is 2.28. The summed E-state index contributed by atoms with van der Waals surface area (Å²) in [6.45, 7) is 7.78. The van der Waals surface area contributed by atoms with Gasteiger partial charge in [-0.15, -0.1) is 0 Å². The van der Waals surface area contributed by atoms with Crippen molar-refractivity contribution in [2.24, 2.45) is 0 Å². The third kappa shape index (κ3) is 4.66. The molecule has 1 aromatic carbocycles. The van der Waals surface area contributed by atoms with Gasteiger partial charge in [0.1, 0.15) is 23.0 Å². The molecule has 1 aliphatic rings. The van der Waals surface area contributed by atoms with E-state index in [2.05, 4.69) is 5.32 Å². The molecule has 7 nitrogen and oxygen atoms in total. The fourth-order valence-electron chi connectivity index (χ4n) is 3.81. The Balaban J connectivity index is 1.89. The quantitative estimate of drug-likeness (QED) is 0.671. The van der Waals surface area contributed by atoms with E-state index in [4.69, 9.17) is 9.15 Å². The Morgan fingerprint density at radius 3 is 2.70 bits per heavy atom. The van der Waals surface area contributed by atoms with Crippen molar-refractivity contribution in [3.8, 4) is 5.75 Å². The number of nitrogens with one attached hydrogen (secondary N) is 1. The number of hydrogen-bond donors (Lipinski definition) is 2. The molecular formula is C23H29NO6. The maximum absolute atomic E-state index is 12.6. The lowest BCUT2D eigenvalue weighted by atomic mass is 9.92. The van der Waals surface area contributed by atoms with Crippen LogP contribution in [0.4, 0.5) is 0 Å². The minimum absolute atomic E-state index is 0.222. The first-order chi connectivity index (χ1) is 14.1. The first-order valence-corrected chi connectivity index (χ1v) is 10.4. The summed E-state index contributed by atoms with van der Waals surface area (Å²) < 4.78 is 11.5. The predicted octanol–water partition coefficient (Wildman–Crippen LogP) is 3.51. The average Bonchev–Trinajstić information content (AvgIpc) is 2.66. The molecule has 0 bridgehead atoms. The summed E-state index contributed by atoms with van der Waals surface area (Å²) in [6.07, 6.45) is 3.39. The number of aliphatic carboxylic acids is 1. The zero-order valence-electron chi connectivity index (χ0n) is 18.0. The zero-order valence-corrected chi connectivity index (χ0v) is 18.0. The molecule has 0 aliphatic carbocycles. The lowest BCUT2D eigenvalue weighted by Crippen LogP contribution is -2.42. The number of aryl methyl sites for hydroxylation is 2. The topological polar surface area (TPSA) is 106 Å². The lowest BCUT2D eigenvalue weighted by molar-refractivity contribution is -0.142. The molecule has 0 fully saturated rings. The fraction of sp³-hybridized carbons (Fsp3) is 0.522. The van der Waals surface area contributed by atoms with Crippen LogP contribution in [0, 0.1) is 6.92 Å². The van der Waals surface area contributed by atoms with Gasteiger partial charge in [-0.1, -0.05) is 19.8 Å². The summed E-state index contributed by atoms with van der Waals surface area (Å²) >= 11 is 0. The van der Waals surface area contributed by atoms with Gasteiger partial charge in [0.2, 0.25) is 5.91 Å². The highest BCUT2D eigenvalue weighted by atomic mass is 16.5. The number of ether oxygens (including phenoxy) is 1. The third-order valence-corrected chi connectivity index (χ3v) is 5.67. The summed E-state index contributed by atoms with van der Waals surface area (Å²) in [5.74, 6) is -0.864. The van der Waals surface area contributed by atoms with Crippen LogP contribution < -0.4 is 15.7 Å². The van der Waals surface area contributed by atoms with Crippen LogP contribution in [0.3, 0.4) is 0 Å². The van der Waals surface area contributed by atoms with Gasteiger partial charge in [-0.25, -0.2) is 9.59 Å². The number of carboxylic acids is 1. The molecule has 0 saturated carbocycles. The molecule has 0 radical (unpaired) electrons. The van der Waals surface area contributed by atoms with E-state index in [9.17, 15) is 19.5 Å². The Bertz CT molecular complexity index is 1040. The minimum atomic E-state index is -1.08. The van der Waals surface area contributed by atoms with Crippen LogP contribution >= 0.6 is 0 Å². The van der Waals surface area contributed by atoms with E-state index in [0.29, 0.717) is 29.7 Å². The first kappa shape index (κ1) is 21.9. The van der Waals surface area contributed by atoms with E-state index in [1.807, 2.05) is 26.8 Å². The SMILES string of the molecule is CCCCC(NC(=O)Cc1c(C)c2cc3c(cc2oc1=O)OC(C)(C)CC3)C(=O)O. The number of carbonyl (C=O) groups is 2. The number of carboxylic acid groups (broad SMARTS) is 1. The second-order valence-corrected chi connectivity index (χ2v) is 8.59. The maximum atomic E-state index is 12.6. The molecule has 2 heterocycles. The van der Waals surface area contributed by atoms with Crippen molar-refractivity contribution in [3.63, 3.8) is 0 Å². The van der Waals surface area contributed by atoms with Crippen molar-refractivity contribution in [1.82, 2.24) is 5.32 Å². The molecule has 0 spiro atoms. The molecule has 1 unspecified atom stereocenters. The van der Waals surface area contributed by atoms with Gasteiger partial charge >= 0.3 is 11.6 Å². The summed E-state index contributed by atoms with van der Waals surface area (Å²) in [6, 6.07) is 2.74. The first-order valence-electron chi connectivity index (χ1n) is 10.4. The van der Waals surface area contributed by atoms with Gasteiger partial charge in [0.15, 0.2) is 0 Å². The average molecular weight is 415 g/mol. The molecule has 0 saturated heterocycles. The maximum Gasteiger partial charge on any atom is 0.340 e. The van der Waals surface area contributed by atoms with Gasteiger partial charge in [0.05, 0.1) is 12.0 Å². The molecule has 30 heavy (non-hydrogen) atoms. The molecule has 7 heteroatoms. The highest BCUT2D eigenvalue weighted by Crippen LogP contribution is 2.36. The number of benzene rings is 1. The summed E-state index contributed by atoms with van der Waals surface area (Å²) in [7, 11) is 0. The number of rotatable bonds is 7. The lowest BCUT2D eigenvalue weighted by Gasteiger charge is -2.32. The van der Waals surface area contributed by atoms with E-state index in [1.54, 1.807) is 13.0 Å². The smallest absolute Gasteiger partial charge is 0.340 e. The van der Waals surface area contributed by atoms with Crippen molar-refractivity contribution in [3.05, 3.63) is 39.2 Å². The Kier molecular flexibility index (Phi) is 6.19. The molecule has 1 aromatic heterocycles. The molecule has 3 rings (SSSR count). The van der Waals surface area contributed by atoms with Gasteiger partial charge in [-0.2, -0.15) is 0 Å². The molecule has 1 atom stereocenters. The van der Waals surface area contributed by atoms with Gasteiger partial charge in [0.25, 0.3) is 0 Å². The molecule has 1 amide bonds. The molecule has 162 valence electrons. The third-order valence-electron chi connectivity index (χ3n) is 5.67. The molecular weight excluding hydrogens is 386 g/mol. The summed E-state index contributed by atoms with van der Waals surface area (Å²) in [5, 5.41) is 12.6. The molecule has 2 aromatic rings. The molecule has 1 aliphatic heterocycles.